The zero-order valence-corrected chi connectivity index (χ0v) is 13.4. The van der Waals surface area contributed by atoms with Gasteiger partial charge in [0.2, 0.25) is 0 Å². The van der Waals surface area contributed by atoms with Crippen molar-refractivity contribution in [2.45, 2.75) is 39.3 Å². The monoisotopic (exact) mass is 294 g/mol. The standard InChI is InChI=1S/C20H26N2/c1-2-3-6-15-20(21-16-18-11-7-4-8-12-18)22-17-19-13-9-5-10-14-19/h4-5,7-15,21-22H,2-3,6,16-17H2,1H3. The Kier molecular flexibility index (Phi) is 7.10. The maximum absolute atomic E-state index is 3.52. The second-order valence-corrected chi connectivity index (χ2v) is 5.44. The Morgan fingerprint density at radius 1 is 0.818 bits per heavy atom. The van der Waals surface area contributed by atoms with Crippen molar-refractivity contribution in [3.63, 3.8) is 0 Å². The highest BCUT2D eigenvalue weighted by Gasteiger charge is 1.98. The molecular formula is C20H26N2. The van der Waals surface area contributed by atoms with Crippen LogP contribution in [-0.4, -0.2) is 0 Å². The Bertz CT molecular complexity index is 501. The van der Waals surface area contributed by atoms with Gasteiger partial charge in [0.05, 0.1) is 5.82 Å². The first kappa shape index (κ1) is 16.2. The van der Waals surface area contributed by atoms with Crippen molar-refractivity contribution in [1.29, 1.82) is 0 Å². The third kappa shape index (κ3) is 6.04. The smallest absolute Gasteiger partial charge is 0.0950 e. The van der Waals surface area contributed by atoms with Crippen LogP contribution in [0, 0.1) is 0 Å². The Morgan fingerprint density at radius 2 is 1.32 bits per heavy atom. The van der Waals surface area contributed by atoms with Crippen molar-refractivity contribution < 1.29 is 0 Å². The van der Waals surface area contributed by atoms with E-state index in [1.807, 2.05) is 0 Å². The van der Waals surface area contributed by atoms with Crippen LogP contribution < -0.4 is 10.6 Å². The van der Waals surface area contributed by atoms with E-state index in [1.54, 1.807) is 0 Å². The first-order valence-corrected chi connectivity index (χ1v) is 8.14. The molecule has 0 aliphatic carbocycles. The van der Waals surface area contributed by atoms with E-state index in [0.717, 1.165) is 25.3 Å². The molecule has 0 saturated carbocycles. The van der Waals surface area contributed by atoms with E-state index in [2.05, 4.69) is 84.3 Å². The average Bonchev–Trinajstić information content (AvgIpc) is 2.59. The molecule has 0 aromatic heterocycles. The Balaban J connectivity index is 1.89. The van der Waals surface area contributed by atoms with E-state index < -0.39 is 0 Å². The molecule has 0 radical (unpaired) electrons. The van der Waals surface area contributed by atoms with Crippen molar-refractivity contribution in [1.82, 2.24) is 10.6 Å². The van der Waals surface area contributed by atoms with Crippen LogP contribution >= 0.6 is 0 Å². The lowest BCUT2D eigenvalue weighted by atomic mass is 10.2. The molecule has 0 aliphatic heterocycles. The van der Waals surface area contributed by atoms with Crippen molar-refractivity contribution in [2.24, 2.45) is 0 Å². The summed E-state index contributed by atoms with van der Waals surface area (Å²) in [5.41, 5.74) is 2.59. The van der Waals surface area contributed by atoms with Gasteiger partial charge in [-0.1, -0.05) is 74.0 Å². The van der Waals surface area contributed by atoms with E-state index in [4.69, 9.17) is 0 Å². The molecule has 2 heteroatoms. The molecule has 2 N–H and O–H groups in total. The summed E-state index contributed by atoms with van der Waals surface area (Å²) in [4.78, 5) is 0. The average molecular weight is 294 g/mol. The van der Waals surface area contributed by atoms with Gasteiger partial charge in [0.15, 0.2) is 0 Å². The lowest BCUT2D eigenvalue weighted by Gasteiger charge is -2.14. The van der Waals surface area contributed by atoms with E-state index in [9.17, 15) is 0 Å². The second kappa shape index (κ2) is 9.67. The van der Waals surface area contributed by atoms with Crippen LogP contribution in [0.15, 0.2) is 72.6 Å². The predicted molar refractivity (Wildman–Crippen MR) is 94.2 cm³/mol. The lowest BCUT2D eigenvalue weighted by Crippen LogP contribution is -2.25. The molecule has 0 atom stereocenters. The Labute approximate surface area is 134 Å². The van der Waals surface area contributed by atoms with Gasteiger partial charge in [-0.3, -0.25) is 0 Å². The van der Waals surface area contributed by atoms with Crippen molar-refractivity contribution in [3.05, 3.63) is 83.7 Å². The van der Waals surface area contributed by atoms with Crippen LogP contribution in [-0.2, 0) is 13.1 Å². The molecule has 2 aromatic carbocycles. The molecule has 0 saturated heterocycles. The van der Waals surface area contributed by atoms with Crippen molar-refractivity contribution in [3.8, 4) is 0 Å². The van der Waals surface area contributed by atoms with Gasteiger partial charge in [-0.2, -0.15) is 0 Å². The third-order valence-corrected chi connectivity index (χ3v) is 3.56. The lowest BCUT2D eigenvalue weighted by molar-refractivity contribution is 0.668. The van der Waals surface area contributed by atoms with Gasteiger partial charge >= 0.3 is 0 Å². The number of hydrogen-bond donors (Lipinski definition) is 2. The number of allylic oxidation sites excluding steroid dienone is 1. The minimum absolute atomic E-state index is 0.848. The van der Waals surface area contributed by atoms with Gasteiger partial charge in [-0.25, -0.2) is 0 Å². The molecule has 0 spiro atoms. The third-order valence-electron chi connectivity index (χ3n) is 3.56. The van der Waals surface area contributed by atoms with Gasteiger partial charge in [-0.05, 0) is 30.0 Å². The van der Waals surface area contributed by atoms with Gasteiger partial charge in [-0.15, -0.1) is 0 Å². The van der Waals surface area contributed by atoms with Crippen LogP contribution in [0.2, 0.25) is 0 Å². The summed E-state index contributed by atoms with van der Waals surface area (Å²) < 4.78 is 0. The molecule has 0 unspecified atom stereocenters. The summed E-state index contributed by atoms with van der Waals surface area (Å²) in [6.07, 6.45) is 5.83. The molecule has 0 amide bonds. The van der Waals surface area contributed by atoms with Crippen LogP contribution in [0.1, 0.15) is 37.3 Å². The SMILES string of the molecule is CCCCC=C(NCc1ccccc1)NCc1ccccc1. The quantitative estimate of drug-likeness (QED) is 0.661. The van der Waals surface area contributed by atoms with E-state index in [1.165, 1.54) is 24.0 Å². The molecular weight excluding hydrogens is 268 g/mol. The highest BCUT2D eigenvalue weighted by Crippen LogP contribution is 2.03. The fourth-order valence-electron chi connectivity index (χ4n) is 2.24. The van der Waals surface area contributed by atoms with Gasteiger partial charge in [0, 0.05) is 13.1 Å². The molecule has 0 heterocycles. The van der Waals surface area contributed by atoms with Crippen LogP contribution in [0.5, 0.6) is 0 Å². The zero-order chi connectivity index (χ0) is 15.5. The molecule has 2 rings (SSSR count). The summed E-state index contributed by atoms with van der Waals surface area (Å²) in [6.45, 7) is 3.92. The molecule has 116 valence electrons. The van der Waals surface area contributed by atoms with Gasteiger partial charge in [0.25, 0.3) is 0 Å². The number of benzene rings is 2. The molecule has 2 nitrogen and oxygen atoms in total. The molecule has 2 aromatic rings. The largest absolute Gasteiger partial charge is 0.368 e. The zero-order valence-electron chi connectivity index (χ0n) is 13.4. The predicted octanol–water partition coefficient (Wildman–Crippen LogP) is 4.60. The fraction of sp³-hybridized carbons (Fsp3) is 0.300. The number of nitrogens with one attached hydrogen (secondary N) is 2. The minimum Gasteiger partial charge on any atom is -0.368 e. The second-order valence-electron chi connectivity index (χ2n) is 5.44. The maximum atomic E-state index is 3.52. The summed E-state index contributed by atoms with van der Waals surface area (Å²) in [5.74, 6) is 1.13. The molecule has 22 heavy (non-hydrogen) atoms. The minimum atomic E-state index is 0.848. The van der Waals surface area contributed by atoms with Gasteiger partial charge < -0.3 is 10.6 Å². The summed E-state index contributed by atoms with van der Waals surface area (Å²) in [7, 11) is 0. The van der Waals surface area contributed by atoms with E-state index in [-0.39, 0.29) is 0 Å². The summed E-state index contributed by atoms with van der Waals surface area (Å²) >= 11 is 0. The summed E-state index contributed by atoms with van der Waals surface area (Å²) in [6, 6.07) is 21.0. The van der Waals surface area contributed by atoms with Gasteiger partial charge in [0.1, 0.15) is 0 Å². The first-order chi connectivity index (χ1) is 10.9. The van der Waals surface area contributed by atoms with Crippen LogP contribution in [0.4, 0.5) is 0 Å². The maximum Gasteiger partial charge on any atom is 0.0950 e. The normalized spacial score (nSPS) is 10.0. The fourth-order valence-corrected chi connectivity index (χ4v) is 2.24. The summed E-state index contributed by atoms with van der Waals surface area (Å²) in [5, 5.41) is 7.03. The Morgan fingerprint density at radius 3 is 1.77 bits per heavy atom. The number of unbranched alkanes of at least 4 members (excludes halogenated alkanes) is 2. The number of rotatable bonds is 9. The topological polar surface area (TPSA) is 24.1 Å². The van der Waals surface area contributed by atoms with E-state index in [0.29, 0.717) is 0 Å². The van der Waals surface area contributed by atoms with Crippen LogP contribution in [0.3, 0.4) is 0 Å². The highest BCUT2D eigenvalue weighted by atomic mass is 15.1. The van der Waals surface area contributed by atoms with Crippen molar-refractivity contribution in [2.75, 3.05) is 0 Å². The Hall–Kier alpha value is -2.22. The highest BCUT2D eigenvalue weighted by molar-refractivity contribution is 5.17. The molecule has 0 fully saturated rings. The first-order valence-electron chi connectivity index (χ1n) is 8.14. The van der Waals surface area contributed by atoms with Crippen LogP contribution in [0.25, 0.3) is 0 Å². The molecule has 0 bridgehead atoms. The molecule has 0 aliphatic rings. The van der Waals surface area contributed by atoms with E-state index >= 15 is 0 Å². The number of hydrogen-bond acceptors (Lipinski definition) is 2. The van der Waals surface area contributed by atoms with Crippen molar-refractivity contribution >= 4 is 0 Å².